The van der Waals surface area contributed by atoms with Crippen LogP contribution in [-0.4, -0.2) is 0 Å². The Morgan fingerprint density at radius 2 is 1.62 bits per heavy atom. The van der Waals surface area contributed by atoms with E-state index in [1.54, 1.807) is 6.07 Å². The molecule has 0 aromatic carbocycles. The molecule has 0 bridgehead atoms. The van der Waals surface area contributed by atoms with Gasteiger partial charge in [-0.2, -0.15) is 5.26 Å². The fraction of sp³-hybridized carbons (Fsp3) is 0. The Balaban J connectivity index is 0. The average molecular weight is 260 g/mol. The van der Waals surface area contributed by atoms with E-state index < -0.39 is 13.0 Å². The van der Waals surface area contributed by atoms with Gasteiger partial charge in [0.15, 0.2) is 0 Å². The predicted octanol–water partition coefficient (Wildman–Crippen LogP) is 2.76. The van der Waals surface area contributed by atoms with Crippen molar-refractivity contribution >= 4 is 29.1 Å². The number of rotatable bonds is 0. The summed E-state index contributed by atoms with van der Waals surface area (Å²) in [5.74, 6) is 0. The summed E-state index contributed by atoms with van der Waals surface area (Å²) in [5, 5.41) is 7.51. The van der Waals surface area contributed by atoms with E-state index in [-0.39, 0.29) is 0 Å². The Labute approximate surface area is 65.9 Å². The SMILES string of the molecule is C=CC#N.[Cl][Ru]([Cl])[Cl]. The molecule has 8 heavy (non-hydrogen) atoms. The van der Waals surface area contributed by atoms with Gasteiger partial charge in [-0.1, -0.05) is 6.58 Å². The van der Waals surface area contributed by atoms with Crippen LogP contribution in [0.1, 0.15) is 0 Å². The first kappa shape index (κ1) is 11.5. The molecular weight excluding hydrogens is 257 g/mol. The van der Waals surface area contributed by atoms with Crippen molar-refractivity contribution in [1.29, 1.82) is 5.26 Å². The van der Waals surface area contributed by atoms with Crippen LogP contribution in [0, 0.1) is 11.3 Å². The molecule has 0 unspecified atom stereocenters. The summed E-state index contributed by atoms with van der Waals surface area (Å²) < 4.78 is 0. The van der Waals surface area contributed by atoms with Crippen molar-refractivity contribution in [3.63, 3.8) is 0 Å². The van der Waals surface area contributed by atoms with Gasteiger partial charge >= 0.3 is 42.1 Å². The second kappa shape index (κ2) is 10.7. The molecule has 0 saturated carbocycles. The molecule has 0 fully saturated rings. The van der Waals surface area contributed by atoms with E-state index in [4.69, 9.17) is 34.3 Å². The average Bonchev–Trinajstić information content (AvgIpc) is 1.65. The summed E-state index contributed by atoms with van der Waals surface area (Å²) in [6, 6.07) is 1.69. The number of hydrogen-bond acceptors (Lipinski definition) is 1. The summed E-state index contributed by atoms with van der Waals surface area (Å²) >= 11 is -1.75. The first-order valence-electron chi connectivity index (χ1n) is 1.32. The standard InChI is InChI=1S/C3H3N.3ClH.Ru/c1-2-3-4;;;;/h2H,1H2;3*1H;/q;;;;+3/p-3. The van der Waals surface area contributed by atoms with Crippen molar-refractivity contribution in [3.05, 3.63) is 12.7 Å². The molecule has 0 rings (SSSR count). The summed E-state index contributed by atoms with van der Waals surface area (Å²) in [5.41, 5.74) is 0. The zero-order valence-corrected chi connectivity index (χ0v) is 7.73. The molecule has 5 heteroatoms. The number of nitriles is 1. The van der Waals surface area contributed by atoms with Gasteiger partial charge in [-0.25, -0.2) is 0 Å². The maximum atomic E-state index is 7.51. The molecule has 0 saturated heterocycles. The third kappa shape index (κ3) is 74.2. The van der Waals surface area contributed by atoms with Crippen molar-refractivity contribution in [1.82, 2.24) is 0 Å². The van der Waals surface area contributed by atoms with Gasteiger partial charge in [0, 0.05) is 6.08 Å². The van der Waals surface area contributed by atoms with Crippen LogP contribution >= 0.6 is 29.1 Å². The van der Waals surface area contributed by atoms with Crippen LogP contribution in [0.25, 0.3) is 0 Å². The van der Waals surface area contributed by atoms with Gasteiger partial charge in [-0.05, 0) is 0 Å². The fourth-order valence-electron chi connectivity index (χ4n) is 0. The zero-order valence-electron chi connectivity index (χ0n) is 3.72. The van der Waals surface area contributed by atoms with Crippen LogP contribution in [0.4, 0.5) is 0 Å². The second-order valence-corrected chi connectivity index (χ2v) is 8.40. The van der Waals surface area contributed by atoms with E-state index in [2.05, 4.69) is 6.58 Å². The summed E-state index contributed by atoms with van der Waals surface area (Å²) in [4.78, 5) is 0. The third-order valence-electron chi connectivity index (χ3n) is 0.0913. The summed E-state index contributed by atoms with van der Waals surface area (Å²) in [6.45, 7) is 3.12. The van der Waals surface area contributed by atoms with Crippen molar-refractivity contribution in [2.24, 2.45) is 0 Å². The van der Waals surface area contributed by atoms with Gasteiger partial charge in [0.2, 0.25) is 0 Å². The molecule has 0 N–H and O–H groups in total. The van der Waals surface area contributed by atoms with E-state index in [9.17, 15) is 0 Å². The zero-order chi connectivity index (χ0) is 6.99. The Bertz CT molecular complexity index is 84.3. The minimum atomic E-state index is -1.75. The van der Waals surface area contributed by atoms with E-state index in [0.717, 1.165) is 0 Å². The molecule has 0 aliphatic heterocycles. The van der Waals surface area contributed by atoms with E-state index >= 15 is 0 Å². The van der Waals surface area contributed by atoms with Crippen molar-refractivity contribution in [3.8, 4) is 6.07 Å². The van der Waals surface area contributed by atoms with Crippen LogP contribution in [0.2, 0.25) is 0 Å². The molecule has 0 aromatic heterocycles. The van der Waals surface area contributed by atoms with Crippen LogP contribution in [0.3, 0.4) is 0 Å². The van der Waals surface area contributed by atoms with Crippen LogP contribution < -0.4 is 0 Å². The second-order valence-electron chi connectivity index (χ2n) is 0.485. The predicted molar refractivity (Wildman–Crippen MR) is 33.4 cm³/mol. The van der Waals surface area contributed by atoms with Crippen LogP contribution in [-0.2, 0) is 13.0 Å². The van der Waals surface area contributed by atoms with Crippen LogP contribution in [0.5, 0.6) is 0 Å². The molecule has 0 spiro atoms. The molecule has 0 aromatic rings. The molecule has 0 atom stereocenters. The van der Waals surface area contributed by atoms with Crippen molar-refractivity contribution in [2.45, 2.75) is 0 Å². The molecule has 0 aliphatic rings. The van der Waals surface area contributed by atoms with Gasteiger partial charge < -0.3 is 0 Å². The Morgan fingerprint density at radius 3 is 1.62 bits per heavy atom. The van der Waals surface area contributed by atoms with E-state index in [1.165, 1.54) is 6.08 Å². The first-order chi connectivity index (χ1) is 3.65. The summed E-state index contributed by atoms with van der Waals surface area (Å²) in [6.07, 6.45) is 1.18. The number of allylic oxidation sites excluding steroid dienone is 1. The van der Waals surface area contributed by atoms with Gasteiger partial charge in [-0.15, -0.1) is 0 Å². The van der Waals surface area contributed by atoms with Crippen LogP contribution in [0.15, 0.2) is 12.7 Å². The normalized spacial score (nSPS) is 7.50. The quantitative estimate of drug-likeness (QED) is 0.485. The van der Waals surface area contributed by atoms with Gasteiger partial charge in [0.05, 0.1) is 6.07 Å². The maximum absolute atomic E-state index is 7.51. The number of halogens is 3. The van der Waals surface area contributed by atoms with Crippen molar-refractivity contribution in [2.75, 3.05) is 0 Å². The first-order valence-corrected chi connectivity index (χ1v) is 8.04. The van der Waals surface area contributed by atoms with E-state index in [0.29, 0.717) is 0 Å². The minimum absolute atomic E-state index is 1.18. The Kier molecular flexibility index (Phi) is 15.3. The Hall–Kier alpha value is 0.723. The molecular formula is C3H3Cl3NRu. The molecule has 0 radical (unpaired) electrons. The molecule has 0 aliphatic carbocycles. The summed E-state index contributed by atoms with van der Waals surface area (Å²) in [7, 11) is 14.8. The van der Waals surface area contributed by atoms with Gasteiger partial charge in [-0.3, -0.25) is 0 Å². The number of nitrogens with zero attached hydrogens (tertiary/aromatic N) is 1. The Morgan fingerprint density at radius 1 is 1.50 bits per heavy atom. The van der Waals surface area contributed by atoms with Gasteiger partial charge in [0.1, 0.15) is 0 Å². The number of hydrogen-bond donors (Lipinski definition) is 0. The van der Waals surface area contributed by atoms with E-state index in [1.807, 2.05) is 0 Å². The molecule has 0 heterocycles. The third-order valence-corrected chi connectivity index (χ3v) is 0.0913. The molecule has 1 nitrogen and oxygen atoms in total. The monoisotopic (exact) mass is 260 g/mol. The molecule has 49 valence electrons. The van der Waals surface area contributed by atoms with Crippen molar-refractivity contribution < 1.29 is 13.0 Å². The molecule has 0 amide bonds. The topological polar surface area (TPSA) is 23.8 Å². The van der Waals surface area contributed by atoms with Gasteiger partial charge in [0.25, 0.3) is 0 Å². The fourth-order valence-corrected chi connectivity index (χ4v) is 0.